The number of aryl methyl sites for hydroxylation is 1. The average Bonchev–Trinajstić information content (AvgIpc) is 3.62. The molecule has 2 saturated carbocycles. The number of hydrogen-bond donors (Lipinski definition) is 2. The van der Waals surface area contributed by atoms with Crippen LogP contribution in [0.15, 0.2) is 18.6 Å². The molecule has 1 aliphatic heterocycles. The zero-order valence-corrected chi connectivity index (χ0v) is 25.2. The lowest BCUT2D eigenvalue weighted by Crippen LogP contribution is -2.60. The highest BCUT2D eigenvalue weighted by Crippen LogP contribution is 2.65. The fourth-order valence-corrected chi connectivity index (χ4v) is 6.77. The van der Waals surface area contributed by atoms with Gasteiger partial charge in [0.25, 0.3) is 0 Å². The summed E-state index contributed by atoms with van der Waals surface area (Å²) in [6, 6.07) is -1.81. The van der Waals surface area contributed by atoms with Gasteiger partial charge in [0.15, 0.2) is 0 Å². The molecule has 0 aromatic carbocycles. The van der Waals surface area contributed by atoms with Crippen molar-refractivity contribution in [2.45, 2.75) is 90.0 Å². The molecule has 5 rings (SSSR count). The van der Waals surface area contributed by atoms with Crippen LogP contribution in [0, 0.1) is 28.6 Å². The van der Waals surface area contributed by atoms with Crippen LogP contribution < -0.4 is 10.6 Å². The summed E-state index contributed by atoms with van der Waals surface area (Å²) in [5, 5.41) is 15.7. The van der Waals surface area contributed by atoms with Crippen molar-refractivity contribution in [3.63, 3.8) is 0 Å². The lowest BCUT2D eigenvalue weighted by Gasteiger charge is -2.35. The lowest BCUT2D eigenvalue weighted by molar-refractivity contribution is -0.177. The minimum absolute atomic E-state index is 0.0925. The van der Waals surface area contributed by atoms with Crippen molar-refractivity contribution < 1.29 is 32.3 Å². The van der Waals surface area contributed by atoms with Crippen LogP contribution in [-0.4, -0.2) is 68.7 Å². The molecule has 232 valence electrons. The first-order valence-corrected chi connectivity index (χ1v) is 14.6. The number of fused-ring (bicyclic) bond motifs is 2. The van der Waals surface area contributed by atoms with Gasteiger partial charge in [0.2, 0.25) is 11.8 Å². The zero-order chi connectivity index (χ0) is 31.6. The fourth-order valence-electron chi connectivity index (χ4n) is 6.51. The molecule has 2 aliphatic carbocycles. The third-order valence-corrected chi connectivity index (χ3v) is 9.59. The number of carbonyl (C=O) groups is 3. The minimum atomic E-state index is -5.22. The Hall–Kier alpha value is -3.37. The molecule has 0 spiro atoms. The first-order chi connectivity index (χ1) is 20.0. The second kappa shape index (κ2) is 10.7. The zero-order valence-electron chi connectivity index (χ0n) is 24.5. The van der Waals surface area contributed by atoms with Crippen molar-refractivity contribution in [1.29, 1.82) is 5.26 Å². The number of likely N-dealkylation sites (tertiary alicyclic amines) is 1. The number of halogens is 4. The molecule has 0 radical (unpaired) electrons. The number of carbonyl (C=O) groups excluding carboxylic acids is 3. The molecular formula is C29H34ClF3N6O4. The number of pyridine rings is 1. The third kappa shape index (κ3) is 5.55. The number of hydrogen-bond acceptors (Lipinski definition) is 6. The Labute approximate surface area is 251 Å². The molecule has 2 N–H and O–H groups in total. The van der Waals surface area contributed by atoms with Crippen molar-refractivity contribution in [3.8, 4) is 6.07 Å². The molecule has 2 aromatic heterocycles. The number of rotatable bonds is 9. The van der Waals surface area contributed by atoms with Crippen LogP contribution in [0.25, 0.3) is 10.9 Å². The highest BCUT2D eigenvalue weighted by atomic mass is 35.5. The molecule has 1 unspecified atom stereocenters. The molecule has 10 nitrogen and oxygen atoms in total. The van der Waals surface area contributed by atoms with Gasteiger partial charge < -0.3 is 24.8 Å². The Morgan fingerprint density at radius 2 is 1.91 bits per heavy atom. The van der Waals surface area contributed by atoms with Gasteiger partial charge in [0, 0.05) is 42.6 Å². The first kappa shape index (κ1) is 31.1. The number of nitrogens with zero attached hydrogens (tertiary/aromatic N) is 4. The van der Waals surface area contributed by atoms with Crippen LogP contribution >= 0.6 is 11.6 Å². The van der Waals surface area contributed by atoms with Crippen LogP contribution in [0.4, 0.5) is 13.2 Å². The number of amides is 3. The van der Waals surface area contributed by atoms with E-state index in [0.29, 0.717) is 40.9 Å². The predicted octanol–water partition coefficient (Wildman–Crippen LogP) is 3.88. The van der Waals surface area contributed by atoms with E-state index < -0.39 is 53.7 Å². The van der Waals surface area contributed by atoms with Gasteiger partial charge in [0.05, 0.1) is 28.3 Å². The van der Waals surface area contributed by atoms with E-state index in [4.69, 9.17) is 16.3 Å². The standard InChI is InChI=1S/C29H34ClF3N6O4/c1-6-38-13-18(30)15-10-35-11-16(22(15)38)19(9-34)36-24(40)23-20-17(27(20,3)4)12-39(23)25(41)21(37-26(42)29(31,32)33)14(2)43-28(5)7-8-28/h10-11,13-14,17,19-21,23H,6-8,12H2,1-5H3,(H,36,40)(H,37,42)/t14-,17+,19?,20+,21+,23+/m1/s1. The van der Waals surface area contributed by atoms with Gasteiger partial charge in [-0.3, -0.25) is 19.4 Å². The maximum atomic E-state index is 13.9. The molecule has 43 heavy (non-hydrogen) atoms. The summed E-state index contributed by atoms with van der Waals surface area (Å²) in [7, 11) is 0. The monoisotopic (exact) mass is 622 g/mol. The molecule has 0 bridgehead atoms. The van der Waals surface area contributed by atoms with Crippen molar-refractivity contribution >= 4 is 40.2 Å². The Bertz CT molecular complexity index is 1510. The maximum absolute atomic E-state index is 13.9. The highest BCUT2D eigenvalue weighted by molar-refractivity contribution is 6.35. The van der Waals surface area contributed by atoms with Crippen molar-refractivity contribution in [3.05, 3.63) is 29.2 Å². The van der Waals surface area contributed by atoms with E-state index >= 15 is 0 Å². The third-order valence-electron chi connectivity index (χ3n) is 9.29. The number of ether oxygens (including phenoxy) is 1. The van der Waals surface area contributed by atoms with E-state index in [1.807, 2.05) is 30.7 Å². The molecule has 3 amide bonds. The van der Waals surface area contributed by atoms with E-state index in [-0.39, 0.29) is 23.8 Å². The number of alkyl halides is 3. The summed E-state index contributed by atoms with van der Waals surface area (Å²) in [6.45, 7) is 9.68. The van der Waals surface area contributed by atoms with E-state index in [2.05, 4.69) is 16.4 Å². The number of piperidine rings is 1. The maximum Gasteiger partial charge on any atom is 0.471 e. The van der Waals surface area contributed by atoms with E-state index in [9.17, 15) is 32.8 Å². The predicted molar refractivity (Wildman–Crippen MR) is 149 cm³/mol. The van der Waals surface area contributed by atoms with Crippen LogP contribution in [0.1, 0.15) is 59.1 Å². The number of aromatic nitrogens is 2. The number of nitrogens with one attached hydrogen (secondary N) is 2. The Morgan fingerprint density at radius 3 is 2.49 bits per heavy atom. The lowest BCUT2D eigenvalue weighted by atomic mass is 9.98. The van der Waals surface area contributed by atoms with Gasteiger partial charge in [-0.05, 0) is 50.9 Å². The van der Waals surface area contributed by atoms with Gasteiger partial charge in [-0.2, -0.15) is 18.4 Å². The molecule has 3 fully saturated rings. The smallest absolute Gasteiger partial charge is 0.370 e. The summed E-state index contributed by atoms with van der Waals surface area (Å²) in [5.41, 5.74) is 0.134. The van der Waals surface area contributed by atoms with Gasteiger partial charge >= 0.3 is 12.1 Å². The topological polar surface area (TPSA) is 129 Å². The van der Waals surface area contributed by atoms with E-state index in [0.717, 1.165) is 0 Å². The molecule has 3 heterocycles. The van der Waals surface area contributed by atoms with Crippen molar-refractivity contribution in [1.82, 2.24) is 25.1 Å². The van der Waals surface area contributed by atoms with Crippen LogP contribution in [0.5, 0.6) is 0 Å². The minimum Gasteiger partial charge on any atom is -0.370 e. The van der Waals surface area contributed by atoms with Crippen LogP contribution in [0.2, 0.25) is 5.02 Å². The summed E-state index contributed by atoms with van der Waals surface area (Å²) in [5.74, 6) is -4.13. The van der Waals surface area contributed by atoms with Gasteiger partial charge in [0.1, 0.15) is 18.1 Å². The second-order valence-electron chi connectivity index (χ2n) is 12.6. The summed E-state index contributed by atoms with van der Waals surface area (Å²) >= 11 is 6.37. The quantitative estimate of drug-likeness (QED) is 0.437. The molecule has 1 saturated heterocycles. The molecule has 3 aliphatic rings. The Kier molecular flexibility index (Phi) is 7.70. The largest absolute Gasteiger partial charge is 0.471 e. The summed E-state index contributed by atoms with van der Waals surface area (Å²) in [4.78, 5) is 45.3. The van der Waals surface area contributed by atoms with Crippen molar-refractivity contribution in [2.24, 2.45) is 17.3 Å². The van der Waals surface area contributed by atoms with Gasteiger partial charge in [-0.15, -0.1) is 0 Å². The Morgan fingerprint density at radius 1 is 1.23 bits per heavy atom. The van der Waals surface area contributed by atoms with E-state index in [1.165, 1.54) is 18.0 Å². The molecule has 2 aromatic rings. The highest BCUT2D eigenvalue weighted by Gasteiger charge is 2.70. The van der Waals surface area contributed by atoms with E-state index in [1.54, 1.807) is 19.3 Å². The van der Waals surface area contributed by atoms with Gasteiger partial charge in [-0.1, -0.05) is 25.4 Å². The fraction of sp³-hybridized carbons (Fsp3) is 0.621. The summed E-state index contributed by atoms with van der Waals surface area (Å²) < 4.78 is 47.5. The Balaban J connectivity index is 1.44. The molecule has 14 heteroatoms. The molecule has 6 atom stereocenters. The van der Waals surface area contributed by atoms with Crippen LogP contribution in [-0.2, 0) is 25.7 Å². The van der Waals surface area contributed by atoms with Crippen LogP contribution in [0.3, 0.4) is 0 Å². The SMILES string of the molecule is CCn1cc(Cl)c2cncc(C(C#N)NC(=O)[C@@H]3[C@@H]4[C@H](CN3C(=O)[C@@H](NC(=O)C(F)(F)F)[C@@H](C)OC3(C)CC3)C4(C)C)c21. The molecular weight excluding hydrogens is 589 g/mol. The first-order valence-electron chi connectivity index (χ1n) is 14.2. The normalized spacial score (nSPS) is 25.3. The second-order valence-corrected chi connectivity index (χ2v) is 13.0. The van der Waals surface area contributed by atoms with Crippen molar-refractivity contribution in [2.75, 3.05) is 6.54 Å². The average molecular weight is 623 g/mol. The van der Waals surface area contributed by atoms with Gasteiger partial charge in [-0.25, -0.2) is 0 Å². The summed E-state index contributed by atoms with van der Waals surface area (Å²) in [6.07, 6.45) is -0.225. The number of nitriles is 1.